The van der Waals surface area contributed by atoms with Crippen molar-refractivity contribution >= 4 is 38.0 Å². The SMILES string of the molecule is CCNc1nc2sccn2c1S(=O)(=O)N1CCNC(=O)C1. The number of carbonyl (C=O) groups is 1. The Labute approximate surface area is 125 Å². The van der Waals surface area contributed by atoms with Gasteiger partial charge in [-0.3, -0.25) is 9.20 Å². The van der Waals surface area contributed by atoms with Crippen LogP contribution in [0.25, 0.3) is 4.96 Å². The van der Waals surface area contributed by atoms with E-state index < -0.39 is 10.0 Å². The van der Waals surface area contributed by atoms with E-state index in [-0.39, 0.29) is 24.0 Å². The summed E-state index contributed by atoms with van der Waals surface area (Å²) >= 11 is 1.36. The largest absolute Gasteiger partial charge is 0.368 e. The number of amides is 1. The summed E-state index contributed by atoms with van der Waals surface area (Å²) in [6, 6.07) is 0. The average Bonchev–Trinajstić information content (AvgIpc) is 2.99. The van der Waals surface area contributed by atoms with E-state index >= 15 is 0 Å². The zero-order valence-corrected chi connectivity index (χ0v) is 13.0. The zero-order chi connectivity index (χ0) is 15.0. The smallest absolute Gasteiger partial charge is 0.263 e. The van der Waals surface area contributed by atoms with Crippen molar-refractivity contribution in [2.24, 2.45) is 0 Å². The number of sulfonamides is 1. The van der Waals surface area contributed by atoms with Crippen LogP contribution in [-0.4, -0.2) is 54.2 Å². The molecule has 114 valence electrons. The highest BCUT2D eigenvalue weighted by Gasteiger charge is 2.34. The number of hydrogen-bond donors (Lipinski definition) is 2. The minimum absolute atomic E-state index is 0.0929. The molecule has 1 aliphatic heterocycles. The highest BCUT2D eigenvalue weighted by Crippen LogP contribution is 2.28. The van der Waals surface area contributed by atoms with Crippen LogP contribution < -0.4 is 10.6 Å². The molecule has 0 spiro atoms. The molecular weight excluding hydrogens is 314 g/mol. The Morgan fingerprint density at radius 1 is 1.52 bits per heavy atom. The molecule has 1 fully saturated rings. The number of hydrogen-bond acceptors (Lipinski definition) is 6. The highest BCUT2D eigenvalue weighted by atomic mass is 32.2. The Kier molecular flexibility index (Phi) is 3.59. The Balaban J connectivity index is 2.10. The van der Waals surface area contributed by atoms with Crippen LogP contribution >= 0.6 is 11.3 Å². The van der Waals surface area contributed by atoms with Gasteiger partial charge >= 0.3 is 0 Å². The zero-order valence-electron chi connectivity index (χ0n) is 11.4. The normalized spacial score (nSPS) is 17.1. The Morgan fingerprint density at radius 3 is 3.05 bits per heavy atom. The molecule has 1 amide bonds. The molecule has 0 aromatic carbocycles. The van der Waals surface area contributed by atoms with Gasteiger partial charge in [0, 0.05) is 31.2 Å². The molecule has 8 nitrogen and oxygen atoms in total. The van der Waals surface area contributed by atoms with Gasteiger partial charge in [0.05, 0.1) is 6.54 Å². The van der Waals surface area contributed by atoms with E-state index in [2.05, 4.69) is 15.6 Å². The molecular formula is C11H15N5O3S2. The van der Waals surface area contributed by atoms with Gasteiger partial charge in [0.2, 0.25) is 5.91 Å². The van der Waals surface area contributed by atoms with E-state index in [9.17, 15) is 13.2 Å². The molecule has 21 heavy (non-hydrogen) atoms. The fraction of sp³-hybridized carbons (Fsp3) is 0.455. The predicted octanol–water partition coefficient (Wildman–Crippen LogP) is -0.0519. The van der Waals surface area contributed by atoms with Crippen molar-refractivity contribution in [1.29, 1.82) is 0 Å². The Hall–Kier alpha value is -1.65. The lowest BCUT2D eigenvalue weighted by molar-refractivity contribution is -0.122. The van der Waals surface area contributed by atoms with Crippen molar-refractivity contribution in [3.05, 3.63) is 11.6 Å². The van der Waals surface area contributed by atoms with Gasteiger partial charge in [0.15, 0.2) is 15.8 Å². The van der Waals surface area contributed by atoms with Crippen LogP contribution in [0, 0.1) is 0 Å². The highest BCUT2D eigenvalue weighted by molar-refractivity contribution is 7.89. The van der Waals surface area contributed by atoms with E-state index in [4.69, 9.17) is 0 Å². The minimum atomic E-state index is -3.78. The van der Waals surface area contributed by atoms with Gasteiger partial charge in [-0.2, -0.15) is 4.31 Å². The van der Waals surface area contributed by atoms with Crippen LogP contribution in [-0.2, 0) is 14.8 Å². The summed E-state index contributed by atoms with van der Waals surface area (Å²) in [5.74, 6) is 0.0382. The maximum atomic E-state index is 12.9. The fourth-order valence-corrected chi connectivity index (χ4v) is 4.63. The van der Waals surface area contributed by atoms with Crippen LogP contribution in [0.1, 0.15) is 6.92 Å². The fourth-order valence-electron chi connectivity index (χ4n) is 2.24. The molecule has 0 atom stereocenters. The molecule has 2 N–H and O–H groups in total. The molecule has 2 aromatic rings. The summed E-state index contributed by atoms with van der Waals surface area (Å²) in [4.78, 5) is 16.4. The number of nitrogens with one attached hydrogen (secondary N) is 2. The molecule has 3 heterocycles. The lowest BCUT2D eigenvalue weighted by atomic mass is 10.4. The summed E-state index contributed by atoms with van der Waals surface area (Å²) in [5, 5.41) is 7.47. The monoisotopic (exact) mass is 329 g/mol. The number of fused-ring (bicyclic) bond motifs is 1. The van der Waals surface area contributed by atoms with Crippen LogP contribution in [0.5, 0.6) is 0 Å². The second-order valence-corrected chi connectivity index (χ2v) is 7.27. The standard InChI is InChI=1S/C11H15N5O3S2/c1-2-12-9-10(16-5-6-20-11(16)14-9)21(18,19)15-4-3-13-8(17)7-15/h5-6,12H,2-4,7H2,1H3,(H,13,17). The van der Waals surface area contributed by atoms with E-state index in [1.54, 1.807) is 16.0 Å². The van der Waals surface area contributed by atoms with Gasteiger partial charge in [0.25, 0.3) is 10.0 Å². The number of aromatic nitrogens is 2. The van der Waals surface area contributed by atoms with Gasteiger partial charge in [-0.25, -0.2) is 13.4 Å². The van der Waals surface area contributed by atoms with Gasteiger partial charge in [-0.1, -0.05) is 0 Å². The summed E-state index contributed by atoms with van der Waals surface area (Å²) in [5.41, 5.74) is 0. The maximum Gasteiger partial charge on any atom is 0.263 e. The Bertz CT molecular complexity index is 779. The van der Waals surface area contributed by atoms with Crippen molar-refractivity contribution < 1.29 is 13.2 Å². The predicted molar refractivity (Wildman–Crippen MR) is 79.0 cm³/mol. The number of carbonyl (C=O) groups excluding carboxylic acids is 1. The molecule has 0 bridgehead atoms. The molecule has 1 saturated heterocycles. The summed E-state index contributed by atoms with van der Waals surface area (Å²) in [6.45, 7) is 2.86. The number of imidazole rings is 1. The summed E-state index contributed by atoms with van der Waals surface area (Å²) < 4.78 is 28.4. The molecule has 2 aromatic heterocycles. The minimum Gasteiger partial charge on any atom is -0.368 e. The molecule has 3 rings (SSSR count). The second-order valence-electron chi connectivity index (χ2n) is 4.54. The van der Waals surface area contributed by atoms with Crippen molar-refractivity contribution in [3.63, 3.8) is 0 Å². The quantitative estimate of drug-likeness (QED) is 0.820. The molecule has 0 radical (unpaired) electrons. The van der Waals surface area contributed by atoms with Gasteiger partial charge < -0.3 is 10.6 Å². The van der Waals surface area contributed by atoms with Crippen molar-refractivity contribution in [1.82, 2.24) is 19.0 Å². The van der Waals surface area contributed by atoms with E-state index in [0.29, 0.717) is 23.9 Å². The third-order valence-electron chi connectivity index (χ3n) is 3.15. The van der Waals surface area contributed by atoms with Crippen molar-refractivity contribution in [2.75, 3.05) is 31.5 Å². The maximum absolute atomic E-state index is 12.9. The Morgan fingerprint density at radius 2 is 2.33 bits per heavy atom. The number of piperazine rings is 1. The van der Waals surface area contributed by atoms with Crippen LogP contribution in [0.4, 0.5) is 5.82 Å². The first-order chi connectivity index (χ1) is 10.0. The number of anilines is 1. The topological polar surface area (TPSA) is 95.8 Å². The van der Waals surface area contributed by atoms with Gasteiger partial charge in [-0.05, 0) is 6.92 Å². The molecule has 0 saturated carbocycles. The first kappa shape index (κ1) is 14.3. The van der Waals surface area contributed by atoms with Crippen LogP contribution in [0.15, 0.2) is 16.6 Å². The number of rotatable bonds is 4. The average molecular weight is 329 g/mol. The van der Waals surface area contributed by atoms with Crippen LogP contribution in [0.2, 0.25) is 0 Å². The summed E-state index contributed by atoms with van der Waals surface area (Å²) in [7, 11) is -3.78. The number of thiazole rings is 1. The second kappa shape index (κ2) is 5.28. The summed E-state index contributed by atoms with van der Waals surface area (Å²) in [6.07, 6.45) is 1.67. The molecule has 10 heteroatoms. The van der Waals surface area contributed by atoms with E-state index in [1.807, 2.05) is 6.92 Å². The third kappa shape index (κ3) is 2.39. The first-order valence-electron chi connectivity index (χ1n) is 6.50. The van der Waals surface area contributed by atoms with E-state index in [0.717, 1.165) is 0 Å². The lowest BCUT2D eigenvalue weighted by Crippen LogP contribution is -2.50. The van der Waals surface area contributed by atoms with E-state index in [1.165, 1.54) is 15.6 Å². The van der Waals surface area contributed by atoms with Crippen molar-refractivity contribution in [3.8, 4) is 0 Å². The number of nitrogens with zero attached hydrogens (tertiary/aromatic N) is 3. The molecule has 1 aliphatic rings. The first-order valence-corrected chi connectivity index (χ1v) is 8.82. The molecule has 0 aliphatic carbocycles. The van der Waals surface area contributed by atoms with Crippen molar-refractivity contribution in [2.45, 2.75) is 11.9 Å². The molecule has 0 unspecified atom stereocenters. The van der Waals surface area contributed by atoms with Crippen LogP contribution in [0.3, 0.4) is 0 Å². The van der Waals surface area contributed by atoms with Gasteiger partial charge in [-0.15, -0.1) is 11.3 Å². The lowest BCUT2D eigenvalue weighted by Gasteiger charge is -2.25. The van der Waals surface area contributed by atoms with Gasteiger partial charge in [0.1, 0.15) is 0 Å². The third-order valence-corrected chi connectivity index (χ3v) is 5.78.